The number of carbonyl (C=O) groups excluding carboxylic acids is 1. The van der Waals surface area contributed by atoms with Crippen LogP contribution in [0.3, 0.4) is 0 Å². The van der Waals surface area contributed by atoms with Crippen LogP contribution >= 0.6 is 0 Å². The van der Waals surface area contributed by atoms with E-state index in [4.69, 9.17) is 19.5 Å². The zero-order valence-electron chi connectivity index (χ0n) is 14.5. The van der Waals surface area contributed by atoms with Gasteiger partial charge in [-0.15, -0.1) is 0 Å². The van der Waals surface area contributed by atoms with Gasteiger partial charge in [-0.2, -0.15) is 5.26 Å². The van der Waals surface area contributed by atoms with E-state index in [-0.39, 0.29) is 12.3 Å². The summed E-state index contributed by atoms with van der Waals surface area (Å²) in [6.07, 6.45) is 0.801. The first-order chi connectivity index (χ1) is 12.1. The summed E-state index contributed by atoms with van der Waals surface area (Å²) in [7, 11) is 4.65. The minimum absolute atomic E-state index is 0.135. The van der Waals surface area contributed by atoms with Crippen LogP contribution in [0, 0.1) is 11.3 Å². The van der Waals surface area contributed by atoms with E-state index in [0.717, 1.165) is 5.56 Å². The SMILES string of the molecule is COc1cc(CCC(=O)Nc2cccc(C#N)c2)cc(OC)c1OC. The first-order valence-electron chi connectivity index (χ1n) is 7.70. The number of benzene rings is 2. The molecule has 0 saturated heterocycles. The zero-order valence-corrected chi connectivity index (χ0v) is 14.5. The molecule has 0 atom stereocenters. The van der Waals surface area contributed by atoms with Gasteiger partial charge in [0.25, 0.3) is 0 Å². The lowest BCUT2D eigenvalue weighted by Gasteiger charge is -2.14. The smallest absolute Gasteiger partial charge is 0.224 e. The summed E-state index contributed by atoms with van der Waals surface area (Å²) in [5, 5.41) is 11.7. The van der Waals surface area contributed by atoms with Crippen molar-refractivity contribution < 1.29 is 19.0 Å². The molecule has 0 fully saturated rings. The number of nitrogens with one attached hydrogen (secondary N) is 1. The summed E-state index contributed by atoms with van der Waals surface area (Å²) in [5.74, 6) is 1.49. The van der Waals surface area contributed by atoms with Gasteiger partial charge in [0.05, 0.1) is 33.0 Å². The minimum atomic E-state index is -0.135. The third-order valence-corrected chi connectivity index (χ3v) is 3.64. The highest BCUT2D eigenvalue weighted by Crippen LogP contribution is 2.38. The van der Waals surface area contributed by atoms with Crippen molar-refractivity contribution in [3.8, 4) is 23.3 Å². The molecule has 0 spiro atoms. The Labute approximate surface area is 146 Å². The maximum absolute atomic E-state index is 12.1. The fourth-order valence-corrected chi connectivity index (χ4v) is 2.43. The van der Waals surface area contributed by atoms with E-state index in [2.05, 4.69) is 5.32 Å². The monoisotopic (exact) mass is 340 g/mol. The summed E-state index contributed by atoms with van der Waals surface area (Å²) < 4.78 is 15.9. The number of amides is 1. The molecule has 0 bridgehead atoms. The molecule has 0 aliphatic rings. The number of methoxy groups -OCH3 is 3. The molecule has 1 N–H and O–H groups in total. The van der Waals surface area contributed by atoms with Gasteiger partial charge in [0.15, 0.2) is 11.5 Å². The molecule has 2 aromatic carbocycles. The second-order valence-electron chi connectivity index (χ2n) is 5.27. The number of carbonyl (C=O) groups is 1. The Morgan fingerprint density at radius 1 is 1.08 bits per heavy atom. The lowest BCUT2D eigenvalue weighted by atomic mass is 10.1. The predicted molar refractivity (Wildman–Crippen MR) is 94.2 cm³/mol. The Kier molecular flexibility index (Phi) is 6.24. The van der Waals surface area contributed by atoms with Crippen LogP contribution in [0.1, 0.15) is 17.5 Å². The Morgan fingerprint density at radius 3 is 2.32 bits per heavy atom. The Bertz CT molecular complexity index is 771. The highest BCUT2D eigenvalue weighted by molar-refractivity contribution is 5.91. The highest BCUT2D eigenvalue weighted by Gasteiger charge is 2.14. The van der Waals surface area contributed by atoms with Gasteiger partial charge in [0.2, 0.25) is 11.7 Å². The number of rotatable bonds is 7. The molecule has 25 heavy (non-hydrogen) atoms. The Balaban J connectivity index is 2.05. The van der Waals surface area contributed by atoms with Gasteiger partial charge < -0.3 is 19.5 Å². The zero-order chi connectivity index (χ0) is 18.2. The minimum Gasteiger partial charge on any atom is -0.493 e. The van der Waals surface area contributed by atoms with E-state index in [1.165, 1.54) is 0 Å². The van der Waals surface area contributed by atoms with Gasteiger partial charge in [0, 0.05) is 12.1 Å². The van der Waals surface area contributed by atoms with Crippen LogP contribution in [-0.2, 0) is 11.2 Å². The van der Waals surface area contributed by atoms with E-state index in [1.807, 2.05) is 18.2 Å². The van der Waals surface area contributed by atoms with Crippen LogP contribution in [0.15, 0.2) is 36.4 Å². The van der Waals surface area contributed by atoms with Crippen LogP contribution in [0.5, 0.6) is 17.2 Å². The third kappa shape index (κ3) is 4.64. The molecule has 0 radical (unpaired) electrons. The normalized spacial score (nSPS) is 9.84. The van der Waals surface area contributed by atoms with Crippen molar-refractivity contribution in [1.29, 1.82) is 5.26 Å². The standard InChI is InChI=1S/C19H20N2O4/c1-23-16-10-13(11-17(24-2)19(16)25-3)7-8-18(22)21-15-6-4-5-14(9-15)12-20/h4-6,9-11H,7-8H2,1-3H3,(H,21,22). The number of ether oxygens (including phenoxy) is 3. The van der Waals surface area contributed by atoms with Crippen LogP contribution in [0.2, 0.25) is 0 Å². The molecule has 130 valence electrons. The average molecular weight is 340 g/mol. The van der Waals surface area contributed by atoms with Crippen molar-refractivity contribution >= 4 is 11.6 Å². The summed E-state index contributed by atoms with van der Waals surface area (Å²) in [6.45, 7) is 0. The van der Waals surface area contributed by atoms with Crippen molar-refractivity contribution in [2.45, 2.75) is 12.8 Å². The summed E-state index contributed by atoms with van der Waals surface area (Å²) in [6, 6.07) is 12.5. The molecule has 6 heteroatoms. The van der Waals surface area contributed by atoms with Crippen molar-refractivity contribution in [3.05, 3.63) is 47.5 Å². The number of nitriles is 1. The number of hydrogen-bond acceptors (Lipinski definition) is 5. The highest BCUT2D eigenvalue weighted by atomic mass is 16.5. The summed E-state index contributed by atoms with van der Waals surface area (Å²) >= 11 is 0. The van der Waals surface area contributed by atoms with Gasteiger partial charge in [-0.25, -0.2) is 0 Å². The van der Waals surface area contributed by atoms with Gasteiger partial charge in [-0.3, -0.25) is 4.79 Å². The largest absolute Gasteiger partial charge is 0.493 e. The second kappa shape index (κ2) is 8.60. The van der Waals surface area contributed by atoms with Gasteiger partial charge in [-0.05, 0) is 42.3 Å². The molecule has 0 unspecified atom stereocenters. The van der Waals surface area contributed by atoms with Crippen molar-refractivity contribution in [2.24, 2.45) is 0 Å². The van der Waals surface area contributed by atoms with Gasteiger partial charge in [0.1, 0.15) is 0 Å². The topological polar surface area (TPSA) is 80.6 Å². The number of anilines is 1. The van der Waals surface area contributed by atoms with E-state index in [1.54, 1.807) is 45.6 Å². The number of hydrogen-bond donors (Lipinski definition) is 1. The molecule has 1 amide bonds. The molecule has 0 aliphatic carbocycles. The maximum atomic E-state index is 12.1. The first kappa shape index (κ1) is 18.1. The quantitative estimate of drug-likeness (QED) is 0.837. The molecule has 2 rings (SSSR count). The lowest BCUT2D eigenvalue weighted by Crippen LogP contribution is -2.12. The molecular weight excluding hydrogens is 320 g/mol. The summed E-state index contributed by atoms with van der Waals surface area (Å²) in [5.41, 5.74) is 2.01. The first-order valence-corrected chi connectivity index (χ1v) is 7.70. The molecule has 0 aromatic heterocycles. The summed E-state index contributed by atoms with van der Waals surface area (Å²) in [4.78, 5) is 12.1. The van der Waals surface area contributed by atoms with Gasteiger partial charge in [-0.1, -0.05) is 6.07 Å². The fourth-order valence-electron chi connectivity index (χ4n) is 2.43. The van der Waals surface area contributed by atoms with Crippen LogP contribution in [-0.4, -0.2) is 27.2 Å². The third-order valence-electron chi connectivity index (χ3n) is 3.64. The predicted octanol–water partition coefficient (Wildman–Crippen LogP) is 3.16. The van der Waals surface area contributed by atoms with Crippen molar-refractivity contribution in [1.82, 2.24) is 0 Å². The fraction of sp³-hybridized carbons (Fsp3) is 0.263. The number of nitrogens with zero attached hydrogens (tertiary/aromatic N) is 1. The maximum Gasteiger partial charge on any atom is 0.224 e. The molecule has 6 nitrogen and oxygen atoms in total. The van der Waals surface area contributed by atoms with Crippen LogP contribution < -0.4 is 19.5 Å². The lowest BCUT2D eigenvalue weighted by molar-refractivity contribution is -0.116. The van der Waals surface area contributed by atoms with E-state index < -0.39 is 0 Å². The van der Waals surface area contributed by atoms with E-state index in [0.29, 0.717) is 34.9 Å². The molecule has 0 heterocycles. The van der Waals surface area contributed by atoms with Crippen LogP contribution in [0.4, 0.5) is 5.69 Å². The van der Waals surface area contributed by atoms with E-state index in [9.17, 15) is 4.79 Å². The van der Waals surface area contributed by atoms with Crippen LogP contribution in [0.25, 0.3) is 0 Å². The molecule has 2 aromatic rings. The Morgan fingerprint density at radius 2 is 1.76 bits per heavy atom. The molecular formula is C19H20N2O4. The van der Waals surface area contributed by atoms with Crippen molar-refractivity contribution in [2.75, 3.05) is 26.6 Å². The molecule has 0 aliphatic heterocycles. The Hall–Kier alpha value is -3.20. The number of aryl methyl sites for hydroxylation is 1. The molecule has 0 saturated carbocycles. The van der Waals surface area contributed by atoms with Gasteiger partial charge >= 0.3 is 0 Å². The van der Waals surface area contributed by atoms with E-state index >= 15 is 0 Å². The van der Waals surface area contributed by atoms with Crippen molar-refractivity contribution in [3.63, 3.8) is 0 Å². The average Bonchev–Trinajstić information content (AvgIpc) is 2.65. The second-order valence-corrected chi connectivity index (χ2v) is 5.27.